The summed E-state index contributed by atoms with van der Waals surface area (Å²) in [6, 6.07) is 0.0335. The van der Waals surface area contributed by atoms with E-state index < -0.39 is 12.1 Å². The number of nitrogens with one attached hydrogen (secondary N) is 2. The predicted molar refractivity (Wildman–Crippen MR) is 111 cm³/mol. The fraction of sp³-hybridized carbons (Fsp3) is 0.765. The minimum atomic E-state index is -4.07. The van der Waals surface area contributed by atoms with Crippen molar-refractivity contribution in [2.45, 2.75) is 70.6 Å². The summed E-state index contributed by atoms with van der Waals surface area (Å²) in [6.07, 6.45) is -2.69. The molecule has 1 aromatic rings. The summed E-state index contributed by atoms with van der Waals surface area (Å²) in [7, 11) is 1.67. The molecular formula is C17H28F3IN4S. The molecule has 1 aliphatic rings. The largest absolute Gasteiger partial charge is 0.391 e. The average Bonchev–Trinajstić information content (AvgIpc) is 3.00. The highest BCUT2D eigenvalue weighted by molar-refractivity contribution is 14.0. The van der Waals surface area contributed by atoms with Crippen LogP contribution in [-0.2, 0) is 12.0 Å². The van der Waals surface area contributed by atoms with Gasteiger partial charge in [0.1, 0.15) is 5.01 Å². The van der Waals surface area contributed by atoms with Crippen molar-refractivity contribution in [2.24, 2.45) is 10.9 Å². The minimum Gasteiger partial charge on any atom is -0.354 e. The Balaban J connectivity index is 0.00000338. The van der Waals surface area contributed by atoms with Crippen molar-refractivity contribution >= 4 is 41.3 Å². The Morgan fingerprint density at radius 3 is 2.31 bits per heavy atom. The Hall–Kier alpha value is -0.580. The van der Waals surface area contributed by atoms with Crippen LogP contribution in [0.5, 0.6) is 0 Å². The lowest BCUT2D eigenvalue weighted by atomic mass is 9.85. The van der Waals surface area contributed by atoms with Crippen LogP contribution in [0.15, 0.2) is 10.4 Å². The van der Waals surface area contributed by atoms with Gasteiger partial charge in [0, 0.05) is 23.9 Å². The Kier molecular flexibility index (Phi) is 8.63. The topological polar surface area (TPSA) is 49.3 Å². The van der Waals surface area contributed by atoms with E-state index in [1.165, 1.54) is 0 Å². The molecular weight excluding hydrogens is 476 g/mol. The van der Waals surface area contributed by atoms with E-state index in [2.05, 4.69) is 46.8 Å². The van der Waals surface area contributed by atoms with Gasteiger partial charge in [-0.3, -0.25) is 4.99 Å². The van der Waals surface area contributed by atoms with Crippen LogP contribution in [-0.4, -0.2) is 30.2 Å². The highest BCUT2D eigenvalue weighted by Crippen LogP contribution is 2.37. The molecule has 2 rings (SSSR count). The Morgan fingerprint density at radius 2 is 1.85 bits per heavy atom. The molecule has 0 saturated heterocycles. The number of hydrogen-bond acceptors (Lipinski definition) is 3. The van der Waals surface area contributed by atoms with Gasteiger partial charge < -0.3 is 10.6 Å². The second-order valence-corrected chi connectivity index (χ2v) is 8.48. The van der Waals surface area contributed by atoms with E-state index in [1.54, 1.807) is 18.4 Å². The molecule has 1 fully saturated rings. The molecule has 1 heterocycles. The molecule has 2 N–H and O–H groups in total. The normalized spacial score (nSPS) is 21.9. The summed E-state index contributed by atoms with van der Waals surface area (Å²) in [4.78, 5) is 8.79. The molecule has 26 heavy (non-hydrogen) atoms. The van der Waals surface area contributed by atoms with E-state index in [1.807, 2.05) is 0 Å². The highest BCUT2D eigenvalue weighted by Gasteiger charge is 2.41. The summed E-state index contributed by atoms with van der Waals surface area (Å²) < 4.78 is 38.2. The third-order valence-electron chi connectivity index (χ3n) is 4.48. The lowest BCUT2D eigenvalue weighted by Crippen LogP contribution is -2.45. The monoisotopic (exact) mass is 504 g/mol. The molecule has 1 aliphatic carbocycles. The Bertz CT molecular complexity index is 588. The number of alkyl halides is 3. The molecule has 0 unspecified atom stereocenters. The summed E-state index contributed by atoms with van der Waals surface area (Å²) >= 11 is 1.60. The lowest BCUT2D eigenvalue weighted by Gasteiger charge is -2.31. The van der Waals surface area contributed by atoms with Crippen molar-refractivity contribution in [1.82, 2.24) is 15.6 Å². The number of aliphatic imine (C=N–C) groups is 1. The van der Waals surface area contributed by atoms with Crippen LogP contribution in [0.4, 0.5) is 13.2 Å². The number of guanidine groups is 1. The van der Waals surface area contributed by atoms with Crippen LogP contribution >= 0.6 is 35.3 Å². The summed E-state index contributed by atoms with van der Waals surface area (Å²) in [5.74, 6) is -0.547. The molecule has 1 saturated carbocycles. The first-order valence-electron chi connectivity index (χ1n) is 8.58. The molecule has 0 spiro atoms. The van der Waals surface area contributed by atoms with Gasteiger partial charge in [-0.1, -0.05) is 20.8 Å². The predicted octanol–water partition coefficient (Wildman–Crippen LogP) is 4.84. The van der Waals surface area contributed by atoms with E-state index in [4.69, 9.17) is 0 Å². The fourth-order valence-electron chi connectivity index (χ4n) is 2.85. The van der Waals surface area contributed by atoms with Gasteiger partial charge in [-0.25, -0.2) is 4.98 Å². The maximum absolute atomic E-state index is 12.7. The fourth-order valence-corrected chi connectivity index (χ4v) is 3.81. The van der Waals surface area contributed by atoms with Gasteiger partial charge in [0.25, 0.3) is 0 Å². The molecule has 9 heteroatoms. The molecule has 0 bridgehead atoms. The maximum Gasteiger partial charge on any atom is 0.391 e. The standard InChI is InChI=1S/C17H27F3N4S.HI/c1-16(2,3)13-10-25-14(24-13)9-22-15(21-4)23-12-7-5-11(6-8-12)17(18,19)20;/h10-12H,5-9H2,1-4H3,(H2,21,22,23);1H. The number of thiazole rings is 1. The van der Waals surface area contributed by atoms with Crippen molar-refractivity contribution in [1.29, 1.82) is 0 Å². The molecule has 0 atom stereocenters. The van der Waals surface area contributed by atoms with Crippen LogP contribution in [0.1, 0.15) is 57.2 Å². The van der Waals surface area contributed by atoms with Gasteiger partial charge in [-0.2, -0.15) is 13.2 Å². The summed E-state index contributed by atoms with van der Waals surface area (Å²) in [5, 5.41) is 9.46. The number of aromatic nitrogens is 1. The van der Waals surface area contributed by atoms with Crippen LogP contribution < -0.4 is 10.6 Å². The first-order chi connectivity index (χ1) is 11.6. The molecule has 0 aromatic carbocycles. The van der Waals surface area contributed by atoms with Gasteiger partial charge in [0.05, 0.1) is 18.2 Å². The zero-order chi connectivity index (χ0) is 18.7. The van der Waals surface area contributed by atoms with E-state index >= 15 is 0 Å². The molecule has 150 valence electrons. The van der Waals surface area contributed by atoms with Crippen LogP contribution in [0, 0.1) is 5.92 Å². The lowest BCUT2D eigenvalue weighted by molar-refractivity contribution is -0.182. The quantitative estimate of drug-likeness (QED) is 0.352. The summed E-state index contributed by atoms with van der Waals surface area (Å²) in [6.45, 7) is 6.92. The first-order valence-corrected chi connectivity index (χ1v) is 9.46. The van der Waals surface area contributed by atoms with Crippen molar-refractivity contribution in [3.05, 3.63) is 16.1 Å². The van der Waals surface area contributed by atoms with Crippen molar-refractivity contribution in [2.75, 3.05) is 7.05 Å². The minimum absolute atomic E-state index is 0. The van der Waals surface area contributed by atoms with E-state index in [0.29, 0.717) is 25.3 Å². The molecule has 0 radical (unpaired) electrons. The van der Waals surface area contributed by atoms with Crippen LogP contribution in [0.25, 0.3) is 0 Å². The van der Waals surface area contributed by atoms with Crippen molar-refractivity contribution < 1.29 is 13.2 Å². The molecule has 1 aromatic heterocycles. The number of hydrogen-bond donors (Lipinski definition) is 2. The molecule has 0 amide bonds. The highest BCUT2D eigenvalue weighted by atomic mass is 127. The molecule has 0 aliphatic heterocycles. The average molecular weight is 504 g/mol. The van der Waals surface area contributed by atoms with E-state index in [0.717, 1.165) is 10.7 Å². The maximum atomic E-state index is 12.7. The SMILES string of the molecule is CN=C(NCc1nc(C(C)(C)C)cs1)NC1CCC(C(F)(F)F)CC1.I. The van der Waals surface area contributed by atoms with Crippen molar-refractivity contribution in [3.8, 4) is 0 Å². The van der Waals surface area contributed by atoms with Crippen LogP contribution in [0.3, 0.4) is 0 Å². The Labute approximate surface area is 174 Å². The second-order valence-electron chi connectivity index (χ2n) is 7.54. The smallest absolute Gasteiger partial charge is 0.354 e. The zero-order valence-electron chi connectivity index (χ0n) is 15.6. The number of nitrogens with zero attached hydrogens (tertiary/aromatic N) is 2. The van der Waals surface area contributed by atoms with Gasteiger partial charge >= 0.3 is 6.18 Å². The third kappa shape index (κ3) is 6.86. The second kappa shape index (κ2) is 9.57. The van der Waals surface area contributed by atoms with E-state index in [9.17, 15) is 13.2 Å². The Morgan fingerprint density at radius 1 is 1.23 bits per heavy atom. The number of rotatable bonds is 3. The van der Waals surface area contributed by atoms with Gasteiger partial charge in [-0.15, -0.1) is 35.3 Å². The first kappa shape index (κ1) is 23.5. The zero-order valence-corrected chi connectivity index (χ0v) is 18.8. The number of halogens is 4. The summed E-state index contributed by atoms with van der Waals surface area (Å²) in [5.41, 5.74) is 1.08. The van der Waals surface area contributed by atoms with Crippen LogP contribution in [0.2, 0.25) is 0 Å². The van der Waals surface area contributed by atoms with Crippen molar-refractivity contribution in [3.63, 3.8) is 0 Å². The van der Waals surface area contributed by atoms with E-state index in [-0.39, 0.29) is 48.3 Å². The van der Waals surface area contributed by atoms with Gasteiger partial charge in [0.2, 0.25) is 0 Å². The third-order valence-corrected chi connectivity index (χ3v) is 5.33. The van der Waals surface area contributed by atoms with Gasteiger partial charge in [-0.05, 0) is 25.7 Å². The molecule has 4 nitrogen and oxygen atoms in total. The van der Waals surface area contributed by atoms with Gasteiger partial charge in [0.15, 0.2) is 5.96 Å².